The number of halogens is 1. The highest BCUT2D eigenvalue weighted by Gasteiger charge is 2.23. The van der Waals surface area contributed by atoms with Crippen LogP contribution in [0.1, 0.15) is 25.8 Å². The van der Waals surface area contributed by atoms with Crippen LogP contribution in [0.5, 0.6) is 0 Å². The summed E-state index contributed by atoms with van der Waals surface area (Å²) in [6, 6.07) is 3.45. The average Bonchev–Trinajstić information content (AvgIpc) is 2.37. The van der Waals surface area contributed by atoms with Gasteiger partial charge >= 0.3 is 5.97 Å². The number of sulfonamides is 1. The number of nitrogens with one attached hydrogen (secondary N) is 1. The number of hydrogen-bond donors (Lipinski definition) is 2. The van der Waals surface area contributed by atoms with E-state index in [1.807, 2.05) is 13.8 Å². The summed E-state index contributed by atoms with van der Waals surface area (Å²) < 4.78 is 39.6. The largest absolute Gasteiger partial charge is 0.481 e. The number of rotatable bonds is 7. The van der Waals surface area contributed by atoms with E-state index in [-0.39, 0.29) is 22.9 Å². The summed E-state index contributed by atoms with van der Waals surface area (Å²) in [4.78, 5) is 11.0. The van der Waals surface area contributed by atoms with Gasteiger partial charge in [-0.25, -0.2) is 17.5 Å². The molecule has 0 aliphatic carbocycles. The Kier molecular flexibility index (Phi) is 5.86. The van der Waals surface area contributed by atoms with Crippen LogP contribution >= 0.6 is 0 Å². The van der Waals surface area contributed by atoms with Crippen molar-refractivity contribution in [1.29, 1.82) is 0 Å². The van der Waals surface area contributed by atoms with Gasteiger partial charge in [-0.1, -0.05) is 13.8 Å². The standard InChI is InChI=1S/C14H20FNO4S/c1-9(2)6-11(14(17)18)8-16-21(19,20)12-4-5-13(15)10(3)7-12/h4-5,7,9,11,16H,6,8H2,1-3H3,(H,17,18). The number of carbonyl (C=O) groups is 1. The first-order chi connectivity index (χ1) is 9.63. The Morgan fingerprint density at radius 2 is 2.00 bits per heavy atom. The summed E-state index contributed by atoms with van der Waals surface area (Å²) in [7, 11) is -3.84. The number of aliphatic carboxylic acids is 1. The Morgan fingerprint density at radius 3 is 2.48 bits per heavy atom. The lowest BCUT2D eigenvalue weighted by molar-refractivity contribution is -0.142. The Bertz CT molecular complexity index is 613. The second-order valence-electron chi connectivity index (χ2n) is 5.43. The predicted octanol–water partition coefficient (Wildman–Crippen LogP) is 2.16. The van der Waals surface area contributed by atoms with Crippen LogP contribution in [-0.4, -0.2) is 26.0 Å². The smallest absolute Gasteiger partial charge is 0.307 e. The quantitative estimate of drug-likeness (QED) is 0.807. The topological polar surface area (TPSA) is 83.5 Å². The van der Waals surface area contributed by atoms with Crippen molar-refractivity contribution in [1.82, 2.24) is 4.72 Å². The van der Waals surface area contributed by atoms with Crippen molar-refractivity contribution in [2.45, 2.75) is 32.1 Å². The van der Waals surface area contributed by atoms with Gasteiger partial charge in [0.25, 0.3) is 0 Å². The first kappa shape index (κ1) is 17.6. The maximum atomic E-state index is 13.2. The van der Waals surface area contributed by atoms with E-state index in [0.29, 0.717) is 6.42 Å². The van der Waals surface area contributed by atoms with Crippen molar-refractivity contribution >= 4 is 16.0 Å². The average molecular weight is 317 g/mol. The highest BCUT2D eigenvalue weighted by atomic mass is 32.2. The molecule has 0 saturated carbocycles. The zero-order valence-corrected chi connectivity index (χ0v) is 13.1. The molecule has 0 bridgehead atoms. The lowest BCUT2D eigenvalue weighted by Crippen LogP contribution is -2.33. The van der Waals surface area contributed by atoms with Crippen molar-refractivity contribution < 1.29 is 22.7 Å². The Hall–Kier alpha value is -1.47. The number of hydrogen-bond acceptors (Lipinski definition) is 3. The Balaban J connectivity index is 2.84. The number of aryl methyl sites for hydroxylation is 1. The molecule has 0 radical (unpaired) electrons. The van der Waals surface area contributed by atoms with Crippen LogP contribution in [0.2, 0.25) is 0 Å². The van der Waals surface area contributed by atoms with Crippen molar-refractivity contribution in [2.75, 3.05) is 6.54 Å². The third kappa shape index (κ3) is 5.09. The molecule has 1 atom stereocenters. The van der Waals surface area contributed by atoms with E-state index in [2.05, 4.69) is 4.72 Å². The fourth-order valence-corrected chi connectivity index (χ4v) is 3.08. The van der Waals surface area contributed by atoms with Gasteiger partial charge in [0.05, 0.1) is 10.8 Å². The summed E-state index contributed by atoms with van der Waals surface area (Å²) >= 11 is 0. The summed E-state index contributed by atoms with van der Waals surface area (Å²) in [6.07, 6.45) is 0.375. The van der Waals surface area contributed by atoms with E-state index < -0.39 is 27.7 Å². The molecule has 118 valence electrons. The summed E-state index contributed by atoms with van der Waals surface area (Å²) in [5, 5.41) is 9.09. The molecule has 0 aliphatic heterocycles. The summed E-state index contributed by atoms with van der Waals surface area (Å²) in [6.45, 7) is 5.01. The van der Waals surface area contributed by atoms with Gasteiger partial charge in [-0.15, -0.1) is 0 Å². The molecule has 5 nitrogen and oxygen atoms in total. The summed E-state index contributed by atoms with van der Waals surface area (Å²) in [5.41, 5.74) is 0.217. The SMILES string of the molecule is Cc1cc(S(=O)(=O)NCC(CC(C)C)C(=O)O)ccc1F. The van der Waals surface area contributed by atoms with E-state index in [1.54, 1.807) is 0 Å². The van der Waals surface area contributed by atoms with Gasteiger partial charge in [0.1, 0.15) is 5.82 Å². The van der Waals surface area contributed by atoms with Gasteiger partial charge < -0.3 is 5.11 Å². The third-order valence-corrected chi connectivity index (χ3v) is 4.49. The highest BCUT2D eigenvalue weighted by Crippen LogP contribution is 2.16. The lowest BCUT2D eigenvalue weighted by atomic mass is 9.98. The van der Waals surface area contributed by atoms with Gasteiger partial charge in [0, 0.05) is 6.54 Å². The second kappa shape index (κ2) is 7.00. The van der Waals surface area contributed by atoms with Crippen LogP contribution in [0.25, 0.3) is 0 Å². The molecule has 1 aromatic carbocycles. The molecule has 7 heteroatoms. The molecule has 1 aromatic rings. The molecular formula is C14H20FNO4S. The van der Waals surface area contributed by atoms with Crippen molar-refractivity contribution in [3.8, 4) is 0 Å². The summed E-state index contributed by atoms with van der Waals surface area (Å²) in [5.74, 6) is -2.18. The third-order valence-electron chi connectivity index (χ3n) is 3.06. The van der Waals surface area contributed by atoms with Crippen LogP contribution in [-0.2, 0) is 14.8 Å². The Morgan fingerprint density at radius 1 is 1.38 bits per heavy atom. The molecule has 0 heterocycles. The van der Waals surface area contributed by atoms with Gasteiger partial charge in [-0.3, -0.25) is 4.79 Å². The number of benzene rings is 1. The van der Waals surface area contributed by atoms with Gasteiger partial charge in [0.15, 0.2) is 0 Å². The molecule has 0 saturated heterocycles. The maximum Gasteiger partial charge on any atom is 0.307 e. The molecule has 0 fully saturated rings. The van der Waals surface area contributed by atoms with Crippen LogP contribution in [0, 0.1) is 24.6 Å². The molecule has 2 N–H and O–H groups in total. The molecule has 0 amide bonds. The maximum absolute atomic E-state index is 13.2. The molecule has 0 aromatic heterocycles. The minimum absolute atomic E-state index is 0.0740. The normalized spacial score (nSPS) is 13.4. The van der Waals surface area contributed by atoms with Crippen LogP contribution in [0.4, 0.5) is 4.39 Å². The number of carboxylic acids is 1. The van der Waals surface area contributed by atoms with Crippen molar-refractivity contribution in [3.05, 3.63) is 29.6 Å². The molecular weight excluding hydrogens is 297 g/mol. The van der Waals surface area contributed by atoms with Crippen LogP contribution in [0.15, 0.2) is 23.1 Å². The van der Waals surface area contributed by atoms with E-state index in [0.717, 1.165) is 12.1 Å². The molecule has 1 unspecified atom stereocenters. The minimum atomic E-state index is -3.84. The second-order valence-corrected chi connectivity index (χ2v) is 7.19. The van der Waals surface area contributed by atoms with Gasteiger partial charge in [-0.05, 0) is 43.0 Å². The first-order valence-electron chi connectivity index (χ1n) is 6.62. The fraction of sp³-hybridized carbons (Fsp3) is 0.500. The van der Waals surface area contributed by atoms with E-state index in [4.69, 9.17) is 5.11 Å². The zero-order valence-electron chi connectivity index (χ0n) is 12.3. The van der Waals surface area contributed by atoms with Crippen molar-refractivity contribution in [3.63, 3.8) is 0 Å². The first-order valence-corrected chi connectivity index (χ1v) is 8.10. The predicted molar refractivity (Wildman–Crippen MR) is 76.9 cm³/mol. The fourth-order valence-electron chi connectivity index (χ4n) is 1.92. The molecule has 0 aliphatic rings. The molecule has 1 rings (SSSR count). The van der Waals surface area contributed by atoms with E-state index in [9.17, 15) is 17.6 Å². The van der Waals surface area contributed by atoms with Gasteiger partial charge in [0.2, 0.25) is 10.0 Å². The van der Waals surface area contributed by atoms with Gasteiger partial charge in [-0.2, -0.15) is 0 Å². The number of carboxylic acid groups (broad SMARTS) is 1. The zero-order chi connectivity index (χ0) is 16.2. The van der Waals surface area contributed by atoms with E-state index in [1.165, 1.54) is 13.0 Å². The van der Waals surface area contributed by atoms with Crippen LogP contribution in [0.3, 0.4) is 0 Å². The Labute approximate surface area is 124 Å². The lowest BCUT2D eigenvalue weighted by Gasteiger charge is -2.15. The van der Waals surface area contributed by atoms with E-state index >= 15 is 0 Å². The molecule has 0 spiro atoms. The minimum Gasteiger partial charge on any atom is -0.481 e. The monoisotopic (exact) mass is 317 g/mol. The molecule has 21 heavy (non-hydrogen) atoms. The highest BCUT2D eigenvalue weighted by molar-refractivity contribution is 7.89. The van der Waals surface area contributed by atoms with Crippen LogP contribution < -0.4 is 4.72 Å². The van der Waals surface area contributed by atoms with Crippen molar-refractivity contribution in [2.24, 2.45) is 11.8 Å².